The Balaban J connectivity index is 1.98. The topological polar surface area (TPSA) is 50.4 Å². The molecule has 0 spiro atoms. The molecule has 0 saturated heterocycles. The predicted molar refractivity (Wildman–Crippen MR) is 95.9 cm³/mol. The Morgan fingerprint density at radius 1 is 1.17 bits per heavy atom. The average Bonchev–Trinajstić information content (AvgIpc) is 2.42. The summed E-state index contributed by atoms with van der Waals surface area (Å²) in [5, 5.41) is 6.43. The van der Waals surface area contributed by atoms with E-state index in [1.807, 2.05) is 45.0 Å². The monoisotopic (exact) mass is 318 g/mol. The van der Waals surface area contributed by atoms with E-state index in [9.17, 15) is 4.79 Å². The molecule has 1 aromatic rings. The van der Waals surface area contributed by atoms with Gasteiger partial charge in [0, 0.05) is 17.4 Å². The van der Waals surface area contributed by atoms with Gasteiger partial charge in [-0.2, -0.15) is 0 Å². The van der Waals surface area contributed by atoms with Gasteiger partial charge in [0.05, 0.1) is 0 Å². The van der Waals surface area contributed by atoms with Gasteiger partial charge in [0.15, 0.2) is 0 Å². The average molecular weight is 318 g/mol. The second kappa shape index (κ2) is 7.24. The summed E-state index contributed by atoms with van der Waals surface area (Å²) in [7, 11) is 0. The number of ether oxygens (including phenoxy) is 1. The van der Waals surface area contributed by atoms with Crippen LogP contribution in [0, 0.1) is 11.8 Å². The van der Waals surface area contributed by atoms with Crippen LogP contribution in [-0.4, -0.2) is 17.7 Å². The van der Waals surface area contributed by atoms with Crippen LogP contribution in [0.5, 0.6) is 0 Å². The fourth-order valence-corrected chi connectivity index (χ4v) is 3.11. The summed E-state index contributed by atoms with van der Waals surface area (Å²) < 4.78 is 5.29. The number of rotatable bonds is 3. The number of hydrogen-bond donors (Lipinski definition) is 2. The lowest BCUT2D eigenvalue weighted by molar-refractivity contribution is 0.0636. The number of carbonyl (C=O) groups is 1. The van der Waals surface area contributed by atoms with Gasteiger partial charge in [-0.25, -0.2) is 4.79 Å². The second-order valence-electron chi connectivity index (χ2n) is 7.73. The number of nitrogens with one attached hydrogen (secondary N) is 2. The maximum atomic E-state index is 11.9. The number of benzene rings is 1. The van der Waals surface area contributed by atoms with Gasteiger partial charge < -0.3 is 10.1 Å². The summed E-state index contributed by atoms with van der Waals surface area (Å²) >= 11 is 0. The van der Waals surface area contributed by atoms with Gasteiger partial charge in [0.2, 0.25) is 0 Å². The Morgan fingerprint density at radius 2 is 1.87 bits per heavy atom. The van der Waals surface area contributed by atoms with Crippen molar-refractivity contribution in [1.82, 2.24) is 0 Å². The van der Waals surface area contributed by atoms with Gasteiger partial charge in [0.1, 0.15) is 5.60 Å². The third-order valence-corrected chi connectivity index (χ3v) is 4.57. The Morgan fingerprint density at radius 3 is 2.57 bits per heavy atom. The van der Waals surface area contributed by atoms with E-state index < -0.39 is 11.7 Å². The van der Waals surface area contributed by atoms with Gasteiger partial charge in [-0.05, 0) is 57.2 Å². The number of anilines is 2. The number of carbonyl (C=O) groups excluding carboxylic acids is 1. The molecule has 1 saturated carbocycles. The van der Waals surface area contributed by atoms with Crippen molar-refractivity contribution in [3.05, 3.63) is 24.3 Å². The highest BCUT2D eigenvalue weighted by atomic mass is 16.6. The van der Waals surface area contributed by atoms with Crippen molar-refractivity contribution in [3.8, 4) is 0 Å². The van der Waals surface area contributed by atoms with Crippen LogP contribution in [0.3, 0.4) is 0 Å². The van der Waals surface area contributed by atoms with E-state index in [-0.39, 0.29) is 0 Å². The summed E-state index contributed by atoms with van der Waals surface area (Å²) in [5.41, 5.74) is 1.30. The first-order valence-corrected chi connectivity index (χ1v) is 8.61. The fraction of sp³-hybridized carbons (Fsp3) is 0.632. The Hall–Kier alpha value is -1.71. The van der Waals surface area contributed by atoms with Crippen molar-refractivity contribution in [2.75, 3.05) is 10.6 Å². The van der Waals surface area contributed by atoms with Crippen LogP contribution in [0.25, 0.3) is 0 Å². The maximum Gasteiger partial charge on any atom is 0.412 e. The molecule has 4 heteroatoms. The van der Waals surface area contributed by atoms with E-state index in [0.717, 1.165) is 17.3 Å². The molecule has 1 aromatic carbocycles. The molecule has 1 aliphatic rings. The van der Waals surface area contributed by atoms with Crippen LogP contribution in [0.1, 0.15) is 53.9 Å². The summed E-state index contributed by atoms with van der Waals surface area (Å²) in [6.45, 7) is 10.2. The van der Waals surface area contributed by atoms with Crippen LogP contribution >= 0.6 is 0 Å². The number of hydrogen-bond acceptors (Lipinski definition) is 3. The molecule has 23 heavy (non-hydrogen) atoms. The highest BCUT2D eigenvalue weighted by Gasteiger charge is 2.26. The van der Waals surface area contributed by atoms with Gasteiger partial charge in [-0.1, -0.05) is 32.8 Å². The molecule has 3 unspecified atom stereocenters. The van der Waals surface area contributed by atoms with E-state index in [2.05, 4.69) is 24.5 Å². The molecular formula is C19H30N2O2. The first-order chi connectivity index (χ1) is 10.7. The molecule has 0 radical (unpaired) electrons. The molecule has 2 rings (SSSR count). The van der Waals surface area contributed by atoms with Gasteiger partial charge in [-0.15, -0.1) is 0 Å². The van der Waals surface area contributed by atoms with E-state index in [1.165, 1.54) is 19.3 Å². The molecule has 4 nitrogen and oxygen atoms in total. The molecule has 0 aromatic heterocycles. The zero-order valence-corrected chi connectivity index (χ0v) is 15.0. The Labute approximate surface area is 140 Å². The van der Waals surface area contributed by atoms with Crippen molar-refractivity contribution in [3.63, 3.8) is 0 Å². The SMILES string of the molecule is CC1CCCC(Nc2cccc(NC(=O)OC(C)(C)C)c2)C1C. The lowest BCUT2D eigenvalue weighted by Gasteiger charge is -2.35. The smallest absolute Gasteiger partial charge is 0.412 e. The predicted octanol–water partition coefficient (Wildman–Crippen LogP) is 5.27. The Bertz CT molecular complexity index is 536. The Kier molecular flexibility index (Phi) is 5.55. The third kappa shape index (κ3) is 5.45. The van der Waals surface area contributed by atoms with E-state index in [0.29, 0.717) is 12.0 Å². The van der Waals surface area contributed by atoms with E-state index in [4.69, 9.17) is 4.74 Å². The van der Waals surface area contributed by atoms with Crippen LogP contribution in [0.15, 0.2) is 24.3 Å². The standard InChI is InChI=1S/C19H30N2O2/c1-13-8-6-11-17(14(13)2)20-15-9-7-10-16(12-15)21-18(22)23-19(3,4)5/h7,9-10,12-14,17,20H,6,8,11H2,1-5H3,(H,21,22). The first kappa shape index (κ1) is 17.6. The van der Waals surface area contributed by atoms with Crippen LogP contribution in [0.2, 0.25) is 0 Å². The third-order valence-electron chi connectivity index (χ3n) is 4.57. The summed E-state index contributed by atoms with van der Waals surface area (Å²) in [6.07, 6.45) is 3.38. The summed E-state index contributed by atoms with van der Waals surface area (Å²) in [5.74, 6) is 1.41. The normalized spacial score (nSPS) is 24.8. The van der Waals surface area contributed by atoms with Gasteiger partial charge in [0.25, 0.3) is 0 Å². The van der Waals surface area contributed by atoms with Crippen molar-refractivity contribution in [1.29, 1.82) is 0 Å². The van der Waals surface area contributed by atoms with Crippen LogP contribution in [-0.2, 0) is 4.74 Å². The minimum Gasteiger partial charge on any atom is -0.444 e. The molecule has 1 amide bonds. The van der Waals surface area contributed by atoms with Gasteiger partial charge in [-0.3, -0.25) is 5.32 Å². The lowest BCUT2D eigenvalue weighted by Crippen LogP contribution is -2.35. The highest BCUT2D eigenvalue weighted by Crippen LogP contribution is 2.32. The van der Waals surface area contributed by atoms with Crippen molar-refractivity contribution in [2.45, 2.75) is 65.5 Å². The molecule has 3 atom stereocenters. The van der Waals surface area contributed by atoms with Crippen molar-refractivity contribution < 1.29 is 9.53 Å². The molecular weight excluding hydrogens is 288 g/mol. The molecule has 0 heterocycles. The largest absolute Gasteiger partial charge is 0.444 e. The van der Waals surface area contributed by atoms with Gasteiger partial charge >= 0.3 is 6.09 Å². The number of amides is 1. The summed E-state index contributed by atoms with van der Waals surface area (Å²) in [4.78, 5) is 11.9. The van der Waals surface area contributed by atoms with E-state index >= 15 is 0 Å². The molecule has 0 aliphatic heterocycles. The molecule has 1 aliphatic carbocycles. The van der Waals surface area contributed by atoms with Crippen molar-refractivity contribution >= 4 is 17.5 Å². The zero-order chi connectivity index (χ0) is 17.0. The van der Waals surface area contributed by atoms with E-state index in [1.54, 1.807) is 0 Å². The minimum absolute atomic E-state index is 0.422. The minimum atomic E-state index is -0.492. The zero-order valence-electron chi connectivity index (χ0n) is 15.0. The van der Waals surface area contributed by atoms with Crippen molar-refractivity contribution in [2.24, 2.45) is 11.8 Å². The van der Waals surface area contributed by atoms with Crippen LogP contribution < -0.4 is 10.6 Å². The summed E-state index contributed by atoms with van der Waals surface area (Å²) in [6, 6.07) is 8.34. The maximum absolute atomic E-state index is 11.9. The lowest BCUT2D eigenvalue weighted by atomic mass is 9.78. The highest BCUT2D eigenvalue weighted by molar-refractivity contribution is 5.85. The quantitative estimate of drug-likeness (QED) is 0.798. The molecule has 128 valence electrons. The fourth-order valence-electron chi connectivity index (χ4n) is 3.11. The molecule has 1 fully saturated rings. The molecule has 2 N–H and O–H groups in total. The molecule has 0 bridgehead atoms. The first-order valence-electron chi connectivity index (χ1n) is 8.61. The second-order valence-corrected chi connectivity index (χ2v) is 7.73. The van der Waals surface area contributed by atoms with Crippen LogP contribution in [0.4, 0.5) is 16.2 Å².